The van der Waals surface area contributed by atoms with Crippen LogP contribution in [-0.2, 0) is 9.47 Å². The Kier molecular flexibility index (Phi) is 11.8. The highest BCUT2D eigenvalue weighted by Gasteiger charge is 2.16. The number of ether oxygens (including phenoxy) is 2. The summed E-state index contributed by atoms with van der Waals surface area (Å²) in [5.74, 6) is 0. The number of nitrogens with zero attached hydrogens (tertiary/aromatic N) is 2. The Bertz CT molecular complexity index is 289. The van der Waals surface area contributed by atoms with Crippen molar-refractivity contribution >= 4 is 0 Å². The van der Waals surface area contributed by atoms with Gasteiger partial charge >= 0.3 is 0 Å². The van der Waals surface area contributed by atoms with Crippen molar-refractivity contribution in [1.82, 2.24) is 20.4 Å². The molecule has 0 aromatic carbocycles. The molecule has 1 heterocycles. The van der Waals surface area contributed by atoms with Crippen molar-refractivity contribution in [2.24, 2.45) is 5.41 Å². The first-order chi connectivity index (χ1) is 11.5. The number of rotatable bonds is 13. The summed E-state index contributed by atoms with van der Waals surface area (Å²) in [6, 6.07) is 0. The van der Waals surface area contributed by atoms with Gasteiger partial charge < -0.3 is 20.1 Å². The molecule has 1 aliphatic heterocycles. The highest BCUT2D eigenvalue weighted by atomic mass is 16.5. The average molecular weight is 345 g/mol. The minimum absolute atomic E-state index is 0.345. The van der Waals surface area contributed by atoms with Crippen molar-refractivity contribution in [2.75, 3.05) is 92.4 Å². The molecule has 0 unspecified atom stereocenters. The van der Waals surface area contributed by atoms with E-state index in [1.807, 2.05) is 7.05 Å². The quantitative estimate of drug-likeness (QED) is 0.474. The van der Waals surface area contributed by atoms with Crippen molar-refractivity contribution in [3.8, 4) is 0 Å². The van der Waals surface area contributed by atoms with Crippen LogP contribution in [0.15, 0.2) is 0 Å². The summed E-state index contributed by atoms with van der Waals surface area (Å²) < 4.78 is 11.3. The maximum atomic E-state index is 5.74. The Hall–Kier alpha value is -0.240. The monoisotopic (exact) mass is 344 g/mol. The lowest BCUT2D eigenvalue weighted by Gasteiger charge is -2.34. The molecule has 6 nitrogen and oxygen atoms in total. The number of piperazine rings is 1. The van der Waals surface area contributed by atoms with Crippen LogP contribution in [0.5, 0.6) is 0 Å². The van der Waals surface area contributed by atoms with Gasteiger partial charge in [0.1, 0.15) is 0 Å². The van der Waals surface area contributed by atoms with Crippen LogP contribution >= 0.6 is 0 Å². The fraction of sp³-hybridized carbons (Fsp3) is 1.00. The van der Waals surface area contributed by atoms with E-state index < -0.39 is 0 Å². The Balaban J connectivity index is 1.89. The lowest BCUT2D eigenvalue weighted by molar-refractivity contribution is 0.0578. The highest BCUT2D eigenvalue weighted by molar-refractivity contribution is 4.71. The zero-order valence-electron chi connectivity index (χ0n) is 16.4. The molecule has 0 atom stereocenters. The van der Waals surface area contributed by atoms with Gasteiger partial charge in [0.25, 0.3) is 0 Å². The molecular formula is C18H40N4O2. The van der Waals surface area contributed by atoms with E-state index in [1.54, 1.807) is 0 Å². The second-order valence-electron chi connectivity index (χ2n) is 7.75. The van der Waals surface area contributed by atoms with Crippen molar-refractivity contribution in [3.63, 3.8) is 0 Å². The molecule has 0 saturated carbocycles. The van der Waals surface area contributed by atoms with Gasteiger partial charge in [-0.1, -0.05) is 20.8 Å². The van der Waals surface area contributed by atoms with Crippen LogP contribution < -0.4 is 10.6 Å². The van der Waals surface area contributed by atoms with Gasteiger partial charge in [0.05, 0.1) is 26.4 Å². The summed E-state index contributed by atoms with van der Waals surface area (Å²) >= 11 is 0. The van der Waals surface area contributed by atoms with Gasteiger partial charge in [0.15, 0.2) is 0 Å². The third-order valence-electron chi connectivity index (χ3n) is 4.14. The van der Waals surface area contributed by atoms with E-state index >= 15 is 0 Å². The van der Waals surface area contributed by atoms with Crippen LogP contribution in [0.2, 0.25) is 0 Å². The summed E-state index contributed by atoms with van der Waals surface area (Å²) in [7, 11) is 1.95. The van der Waals surface area contributed by atoms with Gasteiger partial charge in [-0.25, -0.2) is 0 Å². The van der Waals surface area contributed by atoms with Crippen LogP contribution in [0.25, 0.3) is 0 Å². The molecular weight excluding hydrogens is 304 g/mol. The molecule has 0 amide bonds. The number of hydrogen-bond donors (Lipinski definition) is 2. The average Bonchev–Trinajstić information content (AvgIpc) is 2.54. The Morgan fingerprint density at radius 2 is 1.29 bits per heavy atom. The second-order valence-corrected chi connectivity index (χ2v) is 7.75. The third kappa shape index (κ3) is 12.2. The maximum Gasteiger partial charge on any atom is 0.0594 e. The van der Waals surface area contributed by atoms with Crippen LogP contribution in [-0.4, -0.2) is 102 Å². The van der Waals surface area contributed by atoms with E-state index in [-0.39, 0.29) is 0 Å². The lowest BCUT2D eigenvalue weighted by atomic mass is 9.97. The van der Waals surface area contributed by atoms with E-state index in [0.717, 1.165) is 85.3 Å². The fourth-order valence-corrected chi connectivity index (χ4v) is 2.61. The summed E-state index contributed by atoms with van der Waals surface area (Å²) in [4.78, 5) is 4.99. The first-order valence-corrected chi connectivity index (χ1v) is 9.47. The molecule has 0 aromatic heterocycles. The largest absolute Gasteiger partial charge is 0.379 e. The third-order valence-corrected chi connectivity index (χ3v) is 4.14. The van der Waals surface area contributed by atoms with E-state index in [0.29, 0.717) is 5.41 Å². The lowest BCUT2D eigenvalue weighted by Crippen LogP contribution is -2.48. The molecule has 0 aromatic rings. The van der Waals surface area contributed by atoms with E-state index in [9.17, 15) is 0 Å². The molecule has 1 saturated heterocycles. The summed E-state index contributed by atoms with van der Waals surface area (Å²) in [5.41, 5.74) is 0.345. The molecule has 1 aliphatic rings. The standard InChI is InChI=1S/C18H40N4O2/c1-18(2,3)17-20-6-14-24-16-12-22-9-7-21(8-10-22)11-15-23-13-5-19-4/h19-20H,5-17H2,1-4H3. The van der Waals surface area contributed by atoms with Crippen LogP contribution in [0.4, 0.5) is 0 Å². The molecule has 0 bridgehead atoms. The van der Waals surface area contributed by atoms with Crippen LogP contribution in [0.3, 0.4) is 0 Å². The van der Waals surface area contributed by atoms with Gasteiger partial charge in [-0.05, 0) is 12.5 Å². The van der Waals surface area contributed by atoms with Crippen LogP contribution in [0, 0.1) is 5.41 Å². The first-order valence-electron chi connectivity index (χ1n) is 9.47. The Morgan fingerprint density at radius 3 is 1.75 bits per heavy atom. The van der Waals surface area contributed by atoms with E-state index in [4.69, 9.17) is 9.47 Å². The molecule has 6 heteroatoms. The van der Waals surface area contributed by atoms with Gasteiger partial charge in [-0.2, -0.15) is 0 Å². The highest BCUT2D eigenvalue weighted by Crippen LogP contribution is 2.09. The smallest absolute Gasteiger partial charge is 0.0594 e. The molecule has 1 rings (SSSR count). The number of likely N-dealkylation sites (N-methyl/N-ethyl adjacent to an activating group) is 1. The predicted octanol–water partition coefficient (Wildman–Crippen LogP) is 0.492. The maximum absolute atomic E-state index is 5.74. The van der Waals surface area contributed by atoms with Gasteiger partial charge in [-0.15, -0.1) is 0 Å². The summed E-state index contributed by atoms with van der Waals surface area (Å²) in [6.45, 7) is 19.6. The molecule has 1 fully saturated rings. The van der Waals surface area contributed by atoms with Gasteiger partial charge in [-0.3, -0.25) is 9.80 Å². The van der Waals surface area contributed by atoms with Crippen molar-refractivity contribution < 1.29 is 9.47 Å². The minimum atomic E-state index is 0.345. The first kappa shape index (κ1) is 21.8. The van der Waals surface area contributed by atoms with Crippen LogP contribution in [0.1, 0.15) is 20.8 Å². The van der Waals surface area contributed by atoms with E-state index in [2.05, 4.69) is 41.2 Å². The fourth-order valence-electron chi connectivity index (χ4n) is 2.61. The zero-order valence-corrected chi connectivity index (χ0v) is 16.4. The van der Waals surface area contributed by atoms with Crippen molar-refractivity contribution in [3.05, 3.63) is 0 Å². The number of hydrogen-bond acceptors (Lipinski definition) is 6. The van der Waals surface area contributed by atoms with Crippen molar-refractivity contribution in [2.45, 2.75) is 20.8 Å². The van der Waals surface area contributed by atoms with Gasteiger partial charge in [0, 0.05) is 58.9 Å². The van der Waals surface area contributed by atoms with Crippen molar-refractivity contribution in [1.29, 1.82) is 0 Å². The molecule has 0 spiro atoms. The summed E-state index contributed by atoms with van der Waals surface area (Å²) in [6.07, 6.45) is 0. The topological polar surface area (TPSA) is 49.0 Å². The summed E-state index contributed by atoms with van der Waals surface area (Å²) in [5, 5.41) is 6.53. The normalized spacial score (nSPS) is 17.5. The Labute approximate surface area is 149 Å². The molecule has 144 valence electrons. The predicted molar refractivity (Wildman–Crippen MR) is 101 cm³/mol. The molecule has 0 aliphatic carbocycles. The van der Waals surface area contributed by atoms with E-state index in [1.165, 1.54) is 0 Å². The molecule has 2 N–H and O–H groups in total. The molecule has 24 heavy (non-hydrogen) atoms. The second kappa shape index (κ2) is 13.0. The SMILES string of the molecule is CNCCOCCN1CCN(CCOCCNCC(C)(C)C)CC1. The zero-order chi connectivity index (χ0) is 17.7. The Morgan fingerprint density at radius 1 is 0.792 bits per heavy atom. The molecule has 0 radical (unpaired) electrons. The minimum Gasteiger partial charge on any atom is -0.379 e. The van der Waals surface area contributed by atoms with Gasteiger partial charge in [0.2, 0.25) is 0 Å². The number of nitrogens with one attached hydrogen (secondary N) is 2.